The van der Waals surface area contributed by atoms with Crippen LogP contribution in [0.3, 0.4) is 0 Å². The number of unbranched alkanes of at least 4 members (excludes halogenated alkanes) is 1. The van der Waals surface area contributed by atoms with Crippen molar-refractivity contribution < 1.29 is 48.1 Å². The number of benzene rings is 1. The second-order valence-corrected chi connectivity index (χ2v) is 14.4. The van der Waals surface area contributed by atoms with Gasteiger partial charge in [0.15, 0.2) is 0 Å². The van der Waals surface area contributed by atoms with E-state index in [1.54, 1.807) is 86.6 Å². The lowest BCUT2D eigenvalue weighted by Crippen LogP contribution is -2.53. The molecular formula is C34H54N4O10. The van der Waals surface area contributed by atoms with Crippen LogP contribution >= 0.6 is 0 Å². The highest BCUT2D eigenvalue weighted by atomic mass is 16.6. The molecule has 0 radical (unpaired) electrons. The first-order valence-corrected chi connectivity index (χ1v) is 16.1. The summed E-state index contributed by atoms with van der Waals surface area (Å²) in [4.78, 5) is 74.3. The number of carboxylic acids is 1. The lowest BCUT2D eigenvalue weighted by atomic mass is 10.1. The zero-order valence-electron chi connectivity index (χ0n) is 29.7. The Bertz CT molecular complexity index is 1240. The van der Waals surface area contributed by atoms with Crippen LogP contribution in [0.4, 0.5) is 9.59 Å². The number of carbonyl (C=O) groups excluding carboxylic acids is 5. The summed E-state index contributed by atoms with van der Waals surface area (Å²) in [6.45, 7) is 15.8. The normalized spacial score (nSPS) is 12.9. The summed E-state index contributed by atoms with van der Waals surface area (Å²) >= 11 is 0. The standard InChI is InChI=1S/C34H54N4O10/c1-32(2,3)46-27(41)18-17-25(29(43)48-34(7,8)9)38-31(45)37-24(28(42)47-33(4,5)6)12-10-11-19-35-30(44)36-21-23-15-13-22(14-16-23)20-26(39)40/h13-16,24-25H,10-12,17-21H2,1-9H3,(H,39,40)(H2,35,36,44)(H2,37,38,45)/t24-,25-/m0/s1. The van der Waals surface area contributed by atoms with Crippen LogP contribution < -0.4 is 21.3 Å². The molecule has 5 N–H and O–H groups in total. The van der Waals surface area contributed by atoms with Gasteiger partial charge in [-0.1, -0.05) is 24.3 Å². The minimum Gasteiger partial charge on any atom is -0.481 e. The quantitative estimate of drug-likeness (QED) is 0.0963. The van der Waals surface area contributed by atoms with Crippen LogP contribution in [0.15, 0.2) is 24.3 Å². The molecule has 4 amide bonds. The van der Waals surface area contributed by atoms with Gasteiger partial charge < -0.3 is 40.6 Å². The van der Waals surface area contributed by atoms with Gasteiger partial charge >= 0.3 is 35.9 Å². The Kier molecular flexibility index (Phi) is 16.4. The highest BCUT2D eigenvalue weighted by molar-refractivity contribution is 5.87. The SMILES string of the molecule is CC(C)(C)OC(=O)CC[C@H](NC(=O)N[C@@H](CCCCNC(=O)NCc1ccc(CC(=O)O)cc1)C(=O)OC(C)(C)C)C(=O)OC(C)(C)C. The lowest BCUT2D eigenvalue weighted by molar-refractivity contribution is -0.159. The molecule has 0 spiro atoms. The Morgan fingerprint density at radius 2 is 1.12 bits per heavy atom. The fourth-order valence-electron chi connectivity index (χ4n) is 4.13. The molecule has 0 aliphatic rings. The molecular weight excluding hydrogens is 624 g/mol. The number of carboxylic acid groups (broad SMARTS) is 1. The second kappa shape index (κ2) is 18.8. The molecule has 1 aromatic rings. The Balaban J connectivity index is 2.75. The van der Waals surface area contributed by atoms with E-state index in [9.17, 15) is 28.8 Å². The number of hydrogen-bond acceptors (Lipinski definition) is 9. The molecule has 0 aliphatic heterocycles. The average molecular weight is 679 g/mol. The lowest BCUT2D eigenvalue weighted by Gasteiger charge is -2.27. The fraction of sp³-hybridized carbons (Fsp3) is 0.647. The minimum atomic E-state index is -1.19. The van der Waals surface area contributed by atoms with E-state index in [0.29, 0.717) is 24.9 Å². The average Bonchev–Trinajstić information content (AvgIpc) is 2.90. The first-order chi connectivity index (χ1) is 22.0. The van der Waals surface area contributed by atoms with Crippen LogP contribution in [0.25, 0.3) is 0 Å². The molecule has 270 valence electrons. The molecule has 0 unspecified atom stereocenters. The molecule has 0 aromatic heterocycles. The van der Waals surface area contributed by atoms with Gasteiger partial charge in [0.2, 0.25) is 0 Å². The maximum absolute atomic E-state index is 13.1. The zero-order chi connectivity index (χ0) is 36.7. The van der Waals surface area contributed by atoms with E-state index >= 15 is 0 Å². The molecule has 48 heavy (non-hydrogen) atoms. The number of urea groups is 2. The Labute approximate surface area is 283 Å². The van der Waals surface area contributed by atoms with E-state index in [0.717, 1.165) is 5.56 Å². The largest absolute Gasteiger partial charge is 0.481 e. The third kappa shape index (κ3) is 20.0. The van der Waals surface area contributed by atoms with Crippen molar-refractivity contribution in [2.24, 2.45) is 0 Å². The van der Waals surface area contributed by atoms with Crippen molar-refractivity contribution in [3.8, 4) is 0 Å². The smallest absolute Gasteiger partial charge is 0.329 e. The first kappa shape index (κ1) is 41.7. The van der Waals surface area contributed by atoms with Gasteiger partial charge in [-0.15, -0.1) is 0 Å². The van der Waals surface area contributed by atoms with Gasteiger partial charge in [0.05, 0.1) is 6.42 Å². The van der Waals surface area contributed by atoms with Crippen LogP contribution in [-0.2, 0) is 46.4 Å². The van der Waals surface area contributed by atoms with E-state index < -0.39 is 64.8 Å². The number of esters is 3. The molecule has 1 aromatic carbocycles. The van der Waals surface area contributed by atoms with Gasteiger partial charge in [0.1, 0.15) is 28.9 Å². The summed E-state index contributed by atoms with van der Waals surface area (Å²) in [6.07, 6.45) is 0.781. The topological polar surface area (TPSA) is 198 Å². The molecule has 1 rings (SSSR count). The predicted molar refractivity (Wildman–Crippen MR) is 178 cm³/mol. The van der Waals surface area contributed by atoms with Gasteiger partial charge in [-0.25, -0.2) is 19.2 Å². The number of hydrogen-bond donors (Lipinski definition) is 5. The third-order valence-electron chi connectivity index (χ3n) is 6.09. The van der Waals surface area contributed by atoms with Crippen LogP contribution in [0.5, 0.6) is 0 Å². The van der Waals surface area contributed by atoms with E-state index in [-0.39, 0.29) is 32.2 Å². The summed E-state index contributed by atoms with van der Waals surface area (Å²) < 4.78 is 16.3. The van der Waals surface area contributed by atoms with Crippen molar-refractivity contribution in [2.45, 2.75) is 136 Å². The molecule has 0 saturated heterocycles. The monoisotopic (exact) mass is 678 g/mol. The van der Waals surface area contributed by atoms with E-state index in [1.165, 1.54) is 0 Å². The summed E-state index contributed by atoms with van der Waals surface area (Å²) in [6, 6.07) is 3.41. The first-order valence-electron chi connectivity index (χ1n) is 16.1. The zero-order valence-corrected chi connectivity index (χ0v) is 29.7. The Hall–Kier alpha value is -4.36. The minimum absolute atomic E-state index is 0.0778. The van der Waals surface area contributed by atoms with Crippen molar-refractivity contribution in [1.29, 1.82) is 0 Å². The molecule has 0 fully saturated rings. The Morgan fingerprint density at radius 3 is 1.60 bits per heavy atom. The van der Waals surface area contributed by atoms with Gasteiger partial charge in [-0.3, -0.25) is 9.59 Å². The number of amides is 4. The van der Waals surface area contributed by atoms with Crippen molar-refractivity contribution >= 4 is 35.9 Å². The van der Waals surface area contributed by atoms with Crippen molar-refractivity contribution in [2.75, 3.05) is 6.54 Å². The van der Waals surface area contributed by atoms with Crippen LogP contribution in [0, 0.1) is 0 Å². The summed E-state index contributed by atoms with van der Waals surface area (Å²) in [7, 11) is 0. The number of ether oxygens (including phenoxy) is 3. The van der Waals surface area contributed by atoms with Crippen LogP contribution in [-0.4, -0.2) is 76.5 Å². The summed E-state index contributed by atoms with van der Waals surface area (Å²) in [5, 5.41) is 19.4. The highest BCUT2D eigenvalue weighted by Crippen LogP contribution is 2.15. The van der Waals surface area contributed by atoms with Gasteiger partial charge in [-0.05, 0) is 99.1 Å². The van der Waals surface area contributed by atoms with Crippen molar-refractivity contribution in [1.82, 2.24) is 21.3 Å². The summed E-state index contributed by atoms with van der Waals surface area (Å²) in [5.74, 6) is -2.87. The van der Waals surface area contributed by atoms with Gasteiger partial charge in [0.25, 0.3) is 0 Å². The van der Waals surface area contributed by atoms with Gasteiger partial charge in [0, 0.05) is 19.5 Å². The van der Waals surface area contributed by atoms with E-state index in [1.807, 2.05) is 0 Å². The number of aliphatic carboxylic acids is 1. The molecule has 0 heterocycles. The molecule has 14 heteroatoms. The fourth-order valence-corrected chi connectivity index (χ4v) is 4.13. The molecule has 0 bridgehead atoms. The predicted octanol–water partition coefficient (Wildman–Crippen LogP) is 4.12. The molecule has 2 atom stereocenters. The van der Waals surface area contributed by atoms with Crippen molar-refractivity contribution in [3.63, 3.8) is 0 Å². The number of carbonyl (C=O) groups is 6. The molecule has 0 saturated carbocycles. The van der Waals surface area contributed by atoms with Gasteiger partial charge in [-0.2, -0.15) is 0 Å². The molecule has 0 aliphatic carbocycles. The maximum atomic E-state index is 13.1. The second-order valence-electron chi connectivity index (χ2n) is 14.4. The maximum Gasteiger partial charge on any atom is 0.329 e. The van der Waals surface area contributed by atoms with Crippen LogP contribution in [0.2, 0.25) is 0 Å². The number of rotatable bonds is 16. The summed E-state index contributed by atoms with van der Waals surface area (Å²) in [5.41, 5.74) is -0.924. The molecule has 14 nitrogen and oxygen atoms in total. The van der Waals surface area contributed by atoms with E-state index in [2.05, 4.69) is 21.3 Å². The third-order valence-corrected chi connectivity index (χ3v) is 6.09. The van der Waals surface area contributed by atoms with Crippen molar-refractivity contribution in [3.05, 3.63) is 35.4 Å². The highest BCUT2D eigenvalue weighted by Gasteiger charge is 2.31. The Morgan fingerprint density at radius 1 is 0.646 bits per heavy atom. The van der Waals surface area contributed by atoms with E-state index in [4.69, 9.17) is 19.3 Å². The van der Waals surface area contributed by atoms with Crippen LogP contribution in [0.1, 0.15) is 106 Å². The number of nitrogens with one attached hydrogen (secondary N) is 4.